The second-order valence-corrected chi connectivity index (χ2v) is 5.62. The molecule has 0 saturated carbocycles. The number of hydrogen-bond acceptors (Lipinski definition) is 1. The fourth-order valence-corrected chi connectivity index (χ4v) is 3.49. The van der Waals surface area contributed by atoms with Crippen LogP contribution in [0.3, 0.4) is 0 Å². The summed E-state index contributed by atoms with van der Waals surface area (Å²) < 4.78 is 5.90. The molecule has 0 radical (unpaired) electrons. The molecule has 17 heavy (non-hydrogen) atoms. The molecule has 0 aliphatic heterocycles. The van der Waals surface area contributed by atoms with Gasteiger partial charge in [0.15, 0.2) is 0 Å². The lowest BCUT2D eigenvalue weighted by Gasteiger charge is -2.17. The van der Waals surface area contributed by atoms with Crippen molar-refractivity contribution >= 4 is 13.5 Å². The third kappa shape index (κ3) is 3.66. The van der Waals surface area contributed by atoms with Crippen LogP contribution in [0, 0.1) is 0 Å². The number of rotatable bonds is 5. The zero-order valence-electron chi connectivity index (χ0n) is 10.0. The van der Waals surface area contributed by atoms with Gasteiger partial charge in [0.05, 0.1) is 8.15 Å². The second-order valence-electron chi connectivity index (χ2n) is 3.78. The molecule has 0 aliphatic carbocycles. The van der Waals surface area contributed by atoms with Crippen molar-refractivity contribution in [1.82, 2.24) is 0 Å². The molecule has 0 spiro atoms. The Morgan fingerprint density at radius 3 is 2.06 bits per heavy atom. The second kappa shape index (κ2) is 6.54. The Bertz CT molecular complexity index is 427. The van der Waals surface area contributed by atoms with Gasteiger partial charge in [-0.3, -0.25) is 0 Å². The van der Waals surface area contributed by atoms with Gasteiger partial charge in [-0.2, -0.15) is 0 Å². The van der Waals surface area contributed by atoms with E-state index in [1.807, 2.05) is 6.07 Å². The predicted octanol–water partition coefficient (Wildman–Crippen LogP) is 3.95. The number of hydrogen-bond donors (Lipinski definition) is 0. The smallest absolute Gasteiger partial charge is 0.0648 e. The first kappa shape index (κ1) is 12.3. The molecule has 88 valence electrons. The molecule has 1 nitrogen and oxygen atoms in total. The average molecular weight is 244 g/mol. The lowest BCUT2D eigenvalue weighted by molar-refractivity contribution is 0.382. The van der Waals surface area contributed by atoms with Crippen molar-refractivity contribution in [1.29, 1.82) is 0 Å². The van der Waals surface area contributed by atoms with Gasteiger partial charge in [-0.05, 0) is 12.5 Å². The van der Waals surface area contributed by atoms with Crippen molar-refractivity contribution in [3.8, 4) is 0 Å². The highest BCUT2D eigenvalue weighted by Gasteiger charge is 2.11. The fraction of sp³-hybridized carbons (Fsp3) is 0.200. The van der Waals surface area contributed by atoms with Crippen LogP contribution in [0.25, 0.3) is 0 Å². The third-order valence-electron chi connectivity index (χ3n) is 2.50. The molecule has 0 heterocycles. The summed E-state index contributed by atoms with van der Waals surface area (Å²) in [6.45, 7) is 2.83. The highest BCUT2D eigenvalue weighted by molar-refractivity contribution is 7.60. The largest absolute Gasteiger partial charge is 0.354 e. The summed E-state index contributed by atoms with van der Waals surface area (Å²) in [6.07, 6.45) is 0.994. The fourth-order valence-electron chi connectivity index (χ4n) is 1.71. The molecule has 0 saturated heterocycles. The molecule has 0 N–H and O–H groups in total. The zero-order chi connectivity index (χ0) is 11.9. The molecule has 2 heteroatoms. The molecule has 2 aromatic rings. The van der Waals surface area contributed by atoms with E-state index in [4.69, 9.17) is 4.52 Å². The van der Waals surface area contributed by atoms with Crippen LogP contribution in [0.15, 0.2) is 60.7 Å². The van der Waals surface area contributed by atoms with E-state index in [0.29, 0.717) is 0 Å². The Labute approximate surface area is 104 Å². The summed E-state index contributed by atoms with van der Waals surface area (Å²) in [5, 5.41) is 1.31. The Hall–Kier alpha value is -1.17. The van der Waals surface area contributed by atoms with Crippen molar-refractivity contribution < 1.29 is 4.52 Å². The molecule has 0 amide bonds. The predicted molar refractivity (Wildman–Crippen MR) is 74.8 cm³/mol. The van der Waals surface area contributed by atoms with Crippen LogP contribution in [0.4, 0.5) is 0 Å². The molecule has 2 rings (SSSR count). The highest BCUT2D eigenvalue weighted by atomic mass is 31.1. The van der Waals surface area contributed by atoms with Gasteiger partial charge in [0, 0.05) is 18.1 Å². The average Bonchev–Trinajstić information content (AvgIpc) is 2.40. The maximum atomic E-state index is 5.90. The van der Waals surface area contributed by atoms with Crippen LogP contribution in [-0.4, -0.2) is 6.61 Å². The molecule has 0 aliphatic rings. The SMILES string of the molecule is CCOP(Cc1ccccc1)c1ccccc1. The van der Waals surface area contributed by atoms with Crippen molar-refractivity contribution in [3.63, 3.8) is 0 Å². The molecule has 1 atom stereocenters. The van der Waals surface area contributed by atoms with Gasteiger partial charge in [0.1, 0.15) is 0 Å². The molecular formula is C15H17OP. The van der Waals surface area contributed by atoms with E-state index < -0.39 is 8.15 Å². The molecule has 1 unspecified atom stereocenters. The molecule has 2 aromatic carbocycles. The third-order valence-corrected chi connectivity index (χ3v) is 4.59. The van der Waals surface area contributed by atoms with Crippen LogP contribution in [0.1, 0.15) is 12.5 Å². The van der Waals surface area contributed by atoms with E-state index >= 15 is 0 Å². The topological polar surface area (TPSA) is 9.23 Å². The lowest BCUT2D eigenvalue weighted by atomic mass is 10.2. The van der Waals surface area contributed by atoms with E-state index in [1.165, 1.54) is 10.9 Å². The summed E-state index contributed by atoms with van der Waals surface area (Å²) in [4.78, 5) is 0. The van der Waals surface area contributed by atoms with Crippen LogP contribution in [0.5, 0.6) is 0 Å². The molecule has 0 fully saturated rings. The summed E-state index contributed by atoms with van der Waals surface area (Å²) in [7, 11) is -0.532. The van der Waals surface area contributed by atoms with E-state index in [-0.39, 0.29) is 0 Å². The Morgan fingerprint density at radius 1 is 0.882 bits per heavy atom. The molecule has 0 bridgehead atoms. The van der Waals surface area contributed by atoms with Gasteiger partial charge in [-0.15, -0.1) is 0 Å². The van der Waals surface area contributed by atoms with Crippen molar-refractivity contribution in [3.05, 3.63) is 66.2 Å². The van der Waals surface area contributed by atoms with E-state index in [0.717, 1.165) is 12.8 Å². The van der Waals surface area contributed by atoms with Crippen molar-refractivity contribution in [2.24, 2.45) is 0 Å². The van der Waals surface area contributed by atoms with Gasteiger partial charge in [-0.1, -0.05) is 60.7 Å². The quantitative estimate of drug-likeness (QED) is 0.724. The Morgan fingerprint density at radius 2 is 1.47 bits per heavy atom. The van der Waals surface area contributed by atoms with Gasteiger partial charge < -0.3 is 4.52 Å². The van der Waals surface area contributed by atoms with E-state index in [1.54, 1.807) is 0 Å². The van der Waals surface area contributed by atoms with E-state index in [9.17, 15) is 0 Å². The minimum Gasteiger partial charge on any atom is -0.354 e. The first-order chi connectivity index (χ1) is 8.40. The minimum atomic E-state index is -0.532. The van der Waals surface area contributed by atoms with Crippen LogP contribution < -0.4 is 5.30 Å². The van der Waals surface area contributed by atoms with Crippen LogP contribution >= 0.6 is 8.15 Å². The Balaban J connectivity index is 2.13. The normalized spacial score (nSPS) is 12.3. The van der Waals surface area contributed by atoms with Crippen LogP contribution in [-0.2, 0) is 10.7 Å². The maximum absolute atomic E-state index is 5.90. The summed E-state index contributed by atoms with van der Waals surface area (Å²) in [5.41, 5.74) is 1.34. The summed E-state index contributed by atoms with van der Waals surface area (Å²) in [5.74, 6) is 0. The monoisotopic (exact) mass is 244 g/mol. The standard InChI is InChI=1S/C15H17OP/c1-2-16-17(15-11-7-4-8-12-15)13-14-9-5-3-6-10-14/h3-12H,2,13H2,1H3. The van der Waals surface area contributed by atoms with Gasteiger partial charge in [0.25, 0.3) is 0 Å². The van der Waals surface area contributed by atoms with Crippen LogP contribution in [0.2, 0.25) is 0 Å². The molecular weight excluding hydrogens is 227 g/mol. The Kier molecular flexibility index (Phi) is 4.73. The molecule has 0 aromatic heterocycles. The lowest BCUT2D eigenvalue weighted by Crippen LogP contribution is -2.04. The van der Waals surface area contributed by atoms with E-state index in [2.05, 4.69) is 61.5 Å². The summed E-state index contributed by atoms with van der Waals surface area (Å²) in [6, 6.07) is 21.1. The van der Waals surface area contributed by atoms with Gasteiger partial charge in [-0.25, -0.2) is 0 Å². The van der Waals surface area contributed by atoms with Crippen molar-refractivity contribution in [2.45, 2.75) is 13.1 Å². The first-order valence-electron chi connectivity index (χ1n) is 5.89. The number of benzene rings is 2. The highest BCUT2D eigenvalue weighted by Crippen LogP contribution is 2.39. The maximum Gasteiger partial charge on any atom is 0.0648 e. The first-order valence-corrected chi connectivity index (χ1v) is 7.34. The van der Waals surface area contributed by atoms with Gasteiger partial charge in [0.2, 0.25) is 0 Å². The summed E-state index contributed by atoms with van der Waals surface area (Å²) >= 11 is 0. The minimum absolute atomic E-state index is 0.532. The van der Waals surface area contributed by atoms with Gasteiger partial charge >= 0.3 is 0 Å². The van der Waals surface area contributed by atoms with Crippen molar-refractivity contribution in [2.75, 3.05) is 6.61 Å². The zero-order valence-corrected chi connectivity index (χ0v) is 10.9.